The Morgan fingerprint density at radius 1 is 0.781 bits per heavy atom. The summed E-state index contributed by atoms with van der Waals surface area (Å²) in [5.41, 5.74) is 0.518. The number of amides is 1. The van der Waals surface area contributed by atoms with E-state index < -0.39 is 29.7 Å². The number of benzene rings is 3. The van der Waals surface area contributed by atoms with Crippen LogP contribution in [0.4, 0.5) is 13.2 Å². The molecule has 3 rings (SSSR count). The van der Waals surface area contributed by atoms with Gasteiger partial charge in [0.15, 0.2) is 5.78 Å². The van der Waals surface area contributed by atoms with E-state index >= 15 is 0 Å². The minimum Gasteiger partial charge on any atom is -0.480 e. The molecule has 1 amide bonds. The number of hydrogen-bond acceptors (Lipinski definition) is 3. The maximum absolute atomic E-state index is 12.7. The Morgan fingerprint density at radius 3 is 1.84 bits per heavy atom. The molecule has 0 aromatic heterocycles. The smallest absolute Gasteiger partial charge is 0.416 e. The monoisotopic (exact) mass is 441 g/mol. The van der Waals surface area contributed by atoms with Crippen LogP contribution in [0.1, 0.15) is 37.4 Å². The number of nitrogens with one attached hydrogen (secondary N) is 1. The third kappa shape index (κ3) is 5.60. The van der Waals surface area contributed by atoms with Gasteiger partial charge in [0, 0.05) is 23.1 Å². The molecular weight excluding hydrogens is 423 g/mol. The van der Waals surface area contributed by atoms with Crippen molar-refractivity contribution in [3.63, 3.8) is 0 Å². The van der Waals surface area contributed by atoms with Crippen LogP contribution in [-0.2, 0) is 17.4 Å². The minimum atomic E-state index is -4.54. The summed E-state index contributed by atoms with van der Waals surface area (Å²) in [4.78, 5) is 36.4. The van der Waals surface area contributed by atoms with E-state index in [0.717, 1.165) is 24.3 Å². The van der Waals surface area contributed by atoms with Crippen molar-refractivity contribution in [2.75, 3.05) is 0 Å². The molecule has 164 valence electrons. The SMILES string of the molecule is O=C(N[C@H](Cc1ccc(C(=O)c2ccccc2)cc1)C(=O)O)c1ccc(C(F)(F)F)cc1. The highest BCUT2D eigenvalue weighted by Crippen LogP contribution is 2.29. The van der Waals surface area contributed by atoms with Gasteiger partial charge in [0.1, 0.15) is 6.04 Å². The second-order valence-corrected chi connectivity index (χ2v) is 7.04. The molecule has 0 saturated heterocycles. The van der Waals surface area contributed by atoms with Gasteiger partial charge in [-0.15, -0.1) is 0 Å². The number of alkyl halides is 3. The van der Waals surface area contributed by atoms with E-state index in [2.05, 4.69) is 5.32 Å². The Morgan fingerprint density at radius 2 is 1.31 bits per heavy atom. The third-order valence-corrected chi connectivity index (χ3v) is 4.77. The molecule has 32 heavy (non-hydrogen) atoms. The van der Waals surface area contributed by atoms with Gasteiger partial charge in [0.2, 0.25) is 0 Å². The number of carboxylic acids is 1. The van der Waals surface area contributed by atoms with Crippen LogP contribution in [0.25, 0.3) is 0 Å². The molecule has 0 unspecified atom stereocenters. The lowest BCUT2D eigenvalue weighted by molar-refractivity contribution is -0.139. The Kier molecular flexibility index (Phi) is 6.73. The van der Waals surface area contributed by atoms with Gasteiger partial charge in [0.05, 0.1) is 5.56 Å². The summed E-state index contributed by atoms with van der Waals surface area (Å²) >= 11 is 0. The molecule has 2 N–H and O–H groups in total. The molecule has 0 aliphatic rings. The molecule has 0 aliphatic heterocycles. The summed E-state index contributed by atoms with van der Waals surface area (Å²) in [6, 6.07) is 17.2. The summed E-state index contributed by atoms with van der Waals surface area (Å²) in [6.07, 6.45) is -4.60. The van der Waals surface area contributed by atoms with E-state index in [1.807, 2.05) is 0 Å². The minimum absolute atomic E-state index is 0.0679. The van der Waals surface area contributed by atoms with Crippen molar-refractivity contribution < 1.29 is 32.7 Å². The van der Waals surface area contributed by atoms with E-state index in [1.54, 1.807) is 54.6 Å². The first-order valence-electron chi connectivity index (χ1n) is 9.55. The normalized spacial score (nSPS) is 12.1. The van der Waals surface area contributed by atoms with Crippen LogP contribution in [0.2, 0.25) is 0 Å². The van der Waals surface area contributed by atoms with Gasteiger partial charge in [-0.3, -0.25) is 9.59 Å². The fourth-order valence-electron chi connectivity index (χ4n) is 3.04. The highest BCUT2D eigenvalue weighted by atomic mass is 19.4. The van der Waals surface area contributed by atoms with Gasteiger partial charge in [-0.05, 0) is 29.8 Å². The lowest BCUT2D eigenvalue weighted by atomic mass is 9.99. The number of carbonyl (C=O) groups is 3. The maximum Gasteiger partial charge on any atom is 0.416 e. The second kappa shape index (κ2) is 9.47. The van der Waals surface area contributed by atoms with Crippen molar-refractivity contribution in [2.45, 2.75) is 18.6 Å². The van der Waals surface area contributed by atoms with Crippen LogP contribution in [0, 0.1) is 0 Å². The van der Waals surface area contributed by atoms with Crippen molar-refractivity contribution in [2.24, 2.45) is 0 Å². The predicted octanol–water partition coefficient (Wildman–Crippen LogP) is 4.36. The quantitative estimate of drug-likeness (QED) is 0.534. The van der Waals surface area contributed by atoms with Gasteiger partial charge < -0.3 is 10.4 Å². The van der Waals surface area contributed by atoms with E-state index in [9.17, 15) is 32.7 Å². The molecule has 0 radical (unpaired) electrons. The number of hydrogen-bond donors (Lipinski definition) is 2. The summed E-state index contributed by atoms with van der Waals surface area (Å²) in [6.45, 7) is 0. The van der Waals surface area contributed by atoms with E-state index in [0.29, 0.717) is 16.7 Å². The summed E-state index contributed by atoms with van der Waals surface area (Å²) in [5.74, 6) is -2.28. The van der Waals surface area contributed by atoms with Crippen LogP contribution < -0.4 is 5.32 Å². The fraction of sp³-hybridized carbons (Fsp3) is 0.125. The van der Waals surface area contributed by atoms with E-state index in [-0.39, 0.29) is 17.8 Å². The number of rotatable bonds is 7. The zero-order valence-corrected chi connectivity index (χ0v) is 16.6. The molecule has 0 bridgehead atoms. The van der Waals surface area contributed by atoms with Crippen molar-refractivity contribution in [1.29, 1.82) is 0 Å². The molecule has 0 aliphatic carbocycles. The maximum atomic E-state index is 12.7. The molecule has 1 atom stereocenters. The number of halogens is 3. The van der Waals surface area contributed by atoms with Crippen molar-refractivity contribution in [3.05, 3.63) is 107 Å². The molecule has 8 heteroatoms. The average molecular weight is 441 g/mol. The second-order valence-electron chi connectivity index (χ2n) is 7.04. The number of ketones is 1. The molecule has 5 nitrogen and oxygen atoms in total. The first-order chi connectivity index (χ1) is 15.1. The Balaban J connectivity index is 1.68. The Labute approximate surface area is 181 Å². The number of carbonyl (C=O) groups excluding carboxylic acids is 2. The molecule has 3 aromatic rings. The summed E-state index contributed by atoms with van der Waals surface area (Å²) < 4.78 is 38.0. The summed E-state index contributed by atoms with van der Waals surface area (Å²) in [7, 11) is 0. The molecular formula is C24H18F3NO4. The van der Waals surface area contributed by atoms with Crippen molar-refractivity contribution >= 4 is 17.7 Å². The van der Waals surface area contributed by atoms with Crippen LogP contribution >= 0.6 is 0 Å². The largest absolute Gasteiger partial charge is 0.480 e. The topological polar surface area (TPSA) is 83.5 Å². The van der Waals surface area contributed by atoms with E-state index in [4.69, 9.17) is 0 Å². The molecule has 3 aromatic carbocycles. The zero-order chi connectivity index (χ0) is 23.3. The Bertz CT molecular complexity index is 1110. The zero-order valence-electron chi connectivity index (χ0n) is 16.6. The third-order valence-electron chi connectivity index (χ3n) is 4.77. The van der Waals surface area contributed by atoms with Gasteiger partial charge >= 0.3 is 12.1 Å². The summed E-state index contributed by atoms with van der Waals surface area (Å²) in [5, 5.41) is 11.8. The fourth-order valence-corrected chi connectivity index (χ4v) is 3.04. The van der Waals surface area contributed by atoms with Crippen LogP contribution in [0.3, 0.4) is 0 Å². The first kappa shape index (κ1) is 22.7. The average Bonchev–Trinajstić information content (AvgIpc) is 2.78. The first-order valence-corrected chi connectivity index (χ1v) is 9.55. The molecule has 0 spiro atoms. The van der Waals surface area contributed by atoms with Gasteiger partial charge in [-0.25, -0.2) is 4.79 Å². The number of aliphatic carboxylic acids is 1. The molecule has 0 fully saturated rings. The molecule has 0 saturated carbocycles. The standard InChI is InChI=1S/C24H18F3NO4/c25-24(26,27)19-12-10-18(11-13-19)22(30)28-20(23(31)32)14-15-6-8-17(9-7-15)21(29)16-4-2-1-3-5-16/h1-13,20H,14H2,(H,28,30)(H,31,32)/t20-/m1/s1. The lowest BCUT2D eigenvalue weighted by Gasteiger charge is -2.15. The van der Waals surface area contributed by atoms with Gasteiger partial charge in [-0.1, -0.05) is 54.6 Å². The lowest BCUT2D eigenvalue weighted by Crippen LogP contribution is -2.42. The highest BCUT2D eigenvalue weighted by molar-refractivity contribution is 6.08. The number of carboxylic acid groups (broad SMARTS) is 1. The van der Waals surface area contributed by atoms with Gasteiger partial charge in [0.25, 0.3) is 5.91 Å². The van der Waals surface area contributed by atoms with Crippen LogP contribution in [0.5, 0.6) is 0 Å². The highest BCUT2D eigenvalue weighted by Gasteiger charge is 2.30. The van der Waals surface area contributed by atoms with Crippen molar-refractivity contribution in [3.8, 4) is 0 Å². The van der Waals surface area contributed by atoms with E-state index in [1.165, 1.54) is 0 Å². The van der Waals surface area contributed by atoms with Crippen LogP contribution in [0.15, 0.2) is 78.9 Å². The van der Waals surface area contributed by atoms with Gasteiger partial charge in [-0.2, -0.15) is 13.2 Å². The Hall–Kier alpha value is -3.94. The van der Waals surface area contributed by atoms with Crippen molar-refractivity contribution in [1.82, 2.24) is 5.32 Å². The predicted molar refractivity (Wildman–Crippen MR) is 110 cm³/mol. The molecule has 0 heterocycles. The van der Waals surface area contributed by atoms with Crippen LogP contribution in [-0.4, -0.2) is 28.8 Å².